The minimum atomic E-state index is -0.346. The average molecular weight is 348 g/mol. The van der Waals surface area contributed by atoms with Crippen molar-refractivity contribution < 1.29 is 19.1 Å². The van der Waals surface area contributed by atoms with E-state index in [1.807, 2.05) is 25.1 Å². The number of rotatable bonds is 5. The van der Waals surface area contributed by atoms with Crippen LogP contribution in [0.4, 0.5) is 0 Å². The van der Waals surface area contributed by atoms with Gasteiger partial charge in [-0.25, -0.2) is 0 Å². The number of halogens is 1. The number of hydrogen-bond acceptors (Lipinski definition) is 5. The highest BCUT2D eigenvalue weighted by Gasteiger charge is 2.15. The molecule has 24 heavy (non-hydrogen) atoms. The number of methoxy groups -OCH3 is 1. The zero-order chi connectivity index (χ0) is 17.5. The van der Waals surface area contributed by atoms with E-state index in [0.29, 0.717) is 16.3 Å². The molecule has 0 unspecified atom stereocenters. The Morgan fingerprint density at radius 1 is 1.17 bits per heavy atom. The quantitative estimate of drug-likeness (QED) is 0.358. The summed E-state index contributed by atoms with van der Waals surface area (Å²) in [6, 6.07) is 12.6. The van der Waals surface area contributed by atoms with Gasteiger partial charge in [0, 0.05) is 10.6 Å². The molecule has 0 aliphatic heterocycles. The van der Waals surface area contributed by atoms with Crippen molar-refractivity contribution in [1.29, 1.82) is 0 Å². The molecule has 0 aliphatic carbocycles. The summed E-state index contributed by atoms with van der Waals surface area (Å²) in [4.78, 5) is 16.5. The van der Waals surface area contributed by atoms with Gasteiger partial charge in [-0.3, -0.25) is 4.79 Å². The lowest BCUT2D eigenvalue weighted by Crippen LogP contribution is -2.16. The second kappa shape index (κ2) is 8.36. The van der Waals surface area contributed by atoms with E-state index in [1.54, 1.807) is 24.3 Å². The molecule has 2 aromatic carbocycles. The Bertz CT molecular complexity index is 758. The Hall–Kier alpha value is -2.53. The Morgan fingerprint density at radius 3 is 2.58 bits per heavy atom. The van der Waals surface area contributed by atoms with Crippen LogP contribution in [0.5, 0.6) is 5.75 Å². The maximum atomic E-state index is 11.6. The molecule has 0 saturated carbocycles. The maximum absolute atomic E-state index is 11.6. The molecule has 0 amide bonds. The highest BCUT2D eigenvalue weighted by Crippen LogP contribution is 2.23. The van der Waals surface area contributed by atoms with Crippen LogP contribution >= 0.6 is 11.6 Å². The summed E-state index contributed by atoms with van der Waals surface area (Å²) in [7, 11) is 2.78. The molecule has 126 valence electrons. The van der Waals surface area contributed by atoms with Crippen LogP contribution in [0.15, 0.2) is 47.6 Å². The minimum absolute atomic E-state index is 0.110. The first kappa shape index (κ1) is 17.8. The molecule has 5 nitrogen and oxygen atoms in total. The summed E-state index contributed by atoms with van der Waals surface area (Å²) in [6.07, 6.45) is 0.110. The second-order valence-corrected chi connectivity index (χ2v) is 5.41. The van der Waals surface area contributed by atoms with E-state index in [9.17, 15) is 4.79 Å². The van der Waals surface area contributed by atoms with Gasteiger partial charge in [0.05, 0.1) is 13.5 Å². The SMILES string of the molecule is CO/N=C(/Oc1ccc(Cl)c(C)c1)c1ccccc1CC(=O)OC. The number of nitrogens with zero attached hydrogens (tertiary/aromatic N) is 1. The number of carbonyl (C=O) groups is 1. The van der Waals surface area contributed by atoms with Gasteiger partial charge in [0.2, 0.25) is 0 Å². The first-order valence-corrected chi connectivity index (χ1v) is 7.63. The monoisotopic (exact) mass is 347 g/mol. The van der Waals surface area contributed by atoms with Gasteiger partial charge < -0.3 is 14.3 Å². The molecule has 0 aromatic heterocycles. The van der Waals surface area contributed by atoms with Gasteiger partial charge in [-0.2, -0.15) is 0 Å². The van der Waals surface area contributed by atoms with Gasteiger partial charge in [0.15, 0.2) is 0 Å². The van der Waals surface area contributed by atoms with Crippen molar-refractivity contribution in [3.05, 3.63) is 64.2 Å². The molecule has 6 heteroatoms. The predicted molar refractivity (Wildman–Crippen MR) is 92.5 cm³/mol. The number of ether oxygens (including phenoxy) is 2. The van der Waals surface area contributed by atoms with Crippen molar-refractivity contribution in [3.8, 4) is 5.75 Å². The molecule has 0 fully saturated rings. The van der Waals surface area contributed by atoms with E-state index >= 15 is 0 Å². The Balaban J connectivity index is 2.36. The third-order valence-electron chi connectivity index (χ3n) is 3.33. The fourth-order valence-electron chi connectivity index (χ4n) is 2.11. The summed E-state index contributed by atoms with van der Waals surface area (Å²) in [5, 5.41) is 4.60. The van der Waals surface area contributed by atoms with Crippen LogP contribution in [-0.4, -0.2) is 26.1 Å². The molecule has 0 saturated heterocycles. The van der Waals surface area contributed by atoms with Crippen molar-refractivity contribution in [2.24, 2.45) is 5.16 Å². The number of hydrogen-bond donors (Lipinski definition) is 0. The first-order valence-electron chi connectivity index (χ1n) is 7.25. The largest absolute Gasteiger partial charge is 0.469 e. The van der Waals surface area contributed by atoms with Crippen LogP contribution < -0.4 is 4.74 Å². The molecule has 0 radical (unpaired) electrons. The van der Waals surface area contributed by atoms with Crippen molar-refractivity contribution in [1.82, 2.24) is 0 Å². The molecule has 0 spiro atoms. The maximum Gasteiger partial charge on any atom is 0.310 e. The normalized spacial score (nSPS) is 11.1. The van der Waals surface area contributed by atoms with Crippen molar-refractivity contribution >= 4 is 23.5 Å². The molecule has 2 rings (SSSR count). The number of aryl methyl sites for hydroxylation is 1. The number of oxime groups is 1. The predicted octanol–water partition coefficient (Wildman–Crippen LogP) is 3.75. The van der Waals surface area contributed by atoms with E-state index in [2.05, 4.69) is 5.16 Å². The zero-order valence-electron chi connectivity index (χ0n) is 13.7. The lowest BCUT2D eigenvalue weighted by Gasteiger charge is -2.12. The van der Waals surface area contributed by atoms with Crippen LogP contribution in [0.25, 0.3) is 0 Å². The average Bonchev–Trinajstić information content (AvgIpc) is 2.58. The minimum Gasteiger partial charge on any atom is -0.469 e. The standard InChI is InChI=1S/C18H18ClNO4/c1-12-10-14(8-9-16(12)19)24-18(20-23-3)15-7-5-4-6-13(15)11-17(21)22-2/h4-10H,11H2,1-3H3/b20-18+. The molecule has 0 aliphatic rings. The lowest BCUT2D eigenvalue weighted by molar-refractivity contribution is -0.139. The van der Waals surface area contributed by atoms with Gasteiger partial charge in [-0.1, -0.05) is 29.8 Å². The van der Waals surface area contributed by atoms with Gasteiger partial charge in [0.25, 0.3) is 5.90 Å². The lowest BCUT2D eigenvalue weighted by atomic mass is 10.0. The molecule has 0 N–H and O–H groups in total. The number of carbonyl (C=O) groups excluding carboxylic acids is 1. The van der Waals surface area contributed by atoms with Crippen molar-refractivity contribution in [3.63, 3.8) is 0 Å². The summed E-state index contributed by atoms with van der Waals surface area (Å²) in [5.41, 5.74) is 2.26. The molecule has 0 atom stereocenters. The smallest absolute Gasteiger partial charge is 0.310 e. The van der Waals surface area contributed by atoms with Gasteiger partial charge in [-0.05, 0) is 47.5 Å². The van der Waals surface area contributed by atoms with E-state index in [4.69, 9.17) is 25.9 Å². The molecule has 0 heterocycles. The van der Waals surface area contributed by atoms with Crippen LogP contribution in [0.2, 0.25) is 5.02 Å². The topological polar surface area (TPSA) is 57.1 Å². The Labute approximate surface area is 145 Å². The Morgan fingerprint density at radius 2 is 1.92 bits per heavy atom. The fraction of sp³-hybridized carbons (Fsp3) is 0.222. The van der Waals surface area contributed by atoms with Crippen LogP contribution in [0, 0.1) is 6.92 Å². The summed E-state index contributed by atoms with van der Waals surface area (Å²) < 4.78 is 10.6. The van der Waals surface area contributed by atoms with E-state index in [-0.39, 0.29) is 18.3 Å². The van der Waals surface area contributed by atoms with Crippen LogP contribution in [-0.2, 0) is 20.8 Å². The van der Waals surface area contributed by atoms with Gasteiger partial charge in [0.1, 0.15) is 12.9 Å². The third-order valence-corrected chi connectivity index (χ3v) is 3.75. The Kier molecular flexibility index (Phi) is 6.21. The highest BCUT2D eigenvalue weighted by atomic mass is 35.5. The molecule has 2 aromatic rings. The van der Waals surface area contributed by atoms with E-state index in [1.165, 1.54) is 14.2 Å². The van der Waals surface area contributed by atoms with Gasteiger partial charge in [-0.15, -0.1) is 0 Å². The number of esters is 1. The zero-order valence-corrected chi connectivity index (χ0v) is 14.5. The van der Waals surface area contributed by atoms with Crippen LogP contribution in [0.1, 0.15) is 16.7 Å². The number of benzene rings is 2. The van der Waals surface area contributed by atoms with Gasteiger partial charge >= 0.3 is 5.97 Å². The van der Waals surface area contributed by atoms with Crippen molar-refractivity contribution in [2.75, 3.05) is 14.2 Å². The molecular formula is C18H18ClNO4. The molecular weight excluding hydrogens is 330 g/mol. The highest BCUT2D eigenvalue weighted by molar-refractivity contribution is 6.31. The second-order valence-electron chi connectivity index (χ2n) is 5.00. The third kappa shape index (κ3) is 4.49. The summed E-state index contributed by atoms with van der Waals surface area (Å²) >= 11 is 6.03. The van der Waals surface area contributed by atoms with Crippen LogP contribution in [0.3, 0.4) is 0 Å². The summed E-state index contributed by atoms with van der Waals surface area (Å²) in [6.45, 7) is 1.88. The summed E-state index contributed by atoms with van der Waals surface area (Å²) in [5.74, 6) is 0.473. The first-order chi connectivity index (χ1) is 11.5. The van der Waals surface area contributed by atoms with E-state index in [0.717, 1.165) is 11.1 Å². The fourth-order valence-corrected chi connectivity index (χ4v) is 2.23. The van der Waals surface area contributed by atoms with E-state index < -0.39 is 0 Å². The van der Waals surface area contributed by atoms with Crippen molar-refractivity contribution in [2.45, 2.75) is 13.3 Å². The molecule has 0 bridgehead atoms.